The number of rotatable bonds is 8. The highest BCUT2D eigenvalue weighted by atomic mass is 32.2. The number of carbonyl (C=O) groups is 1. The van der Waals surface area contributed by atoms with Crippen molar-refractivity contribution < 1.29 is 22.7 Å². The normalized spacial score (nSPS) is 16.4. The molecule has 0 aliphatic carbocycles. The lowest BCUT2D eigenvalue weighted by Crippen LogP contribution is -2.40. The fourth-order valence-corrected chi connectivity index (χ4v) is 5.40. The third kappa shape index (κ3) is 5.28. The van der Waals surface area contributed by atoms with Crippen LogP contribution in [-0.4, -0.2) is 52.3 Å². The number of anilines is 2. The molecular weight excluding hydrogens is 428 g/mol. The fourth-order valence-electron chi connectivity index (χ4n) is 3.06. The first-order chi connectivity index (χ1) is 14.3. The van der Waals surface area contributed by atoms with E-state index in [1.807, 2.05) is 6.92 Å². The van der Waals surface area contributed by atoms with Crippen molar-refractivity contribution >= 4 is 38.2 Å². The number of benzene rings is 1. The van der Waals surface area contributed by atoms with Gasteiger partial charge in [0, 0.05) is 12.3 Å². The molecule has 2 heterocycles. The number of thiazole rings is 1. The molecule has 1 atom stereocenters. The van der Waals surface area contributed by atoms with Crippen LogP contribution < -0.4 is 19.7 Å². The maximum atomic E-state index is 13.1. The van der Waals surface area contributed by atoms with Crippen molar-refractivity contribution in [2.45, 2.75) is 37.0 Å². The van der Waals surface area contributed by atoms with E-state index in [-0.39, 0.29) is 16.9 Å². The summed E-state index contributed by atoms with van der Waals surface area (Å²) in [6, 6.07) is 6.63. The van der Waals surface area contributed by atoms with E-state index in [1.54, 1.807) is 31.2 Å². The number of ether oxygens (including phenoxy) is 2. The standard InChI is InChI=1S/C19H26N4O5S2/c1-4-27-15-9-7-14(8-10-15)22-18(24)23(12-16-6-5-11-28-16)19-21-13(2)17(29-19)30(25,26)20-3/h7-10,16,20H,4-6,11-12H2,1-3H3,(H,22,24). The SMILES string of the molecule is CCOc1ccc(NC(=O)N(CC2CCCO2)c2nc(C)c(S(=O)(=O)NC)s2)cc1. The number of urea groups is 1. The van der Waals surface area contributed by atoms with Crippen LogP contribution in [0.3, 0.4) is 0 Å². The molecule has 2 amide bonds. The lowest BCUT2D eigenvalue weighted by Gasteiger charge is -2.23. The zero-order valence-electron chi connectivity index (χ0n) is 17.2. The van der Waals surface area contributed by atoms with E-state index < -0.39 is 16.1 Å². The van der Waals surface area contributed by atoms with Crippen LogP contribution in [0.15, 0.2) is 28.5 Å². The van der Waals surface area contributed by atoms with Crippen LogP contribution in [0, 0.1) is 6.92 Å². The lowest BCUT2D eigenvalue weighted by atomic mass is 10.2. The summed E-state index contributed by atoms with van der Waals surface area (Å²) in [5.74, 6) is 0.712. The maximum Gasteiger partial charge on any atom is 0.328 e. The van der Waals surface area contributed by atoms with Gasteiger partial charge in [-0.05, 0) is 58.0 Å². The van der Waals surface area contributed by atoms with E-state index in [0.29, 0.717) is 35.5 Å². The third-order valence-corrected chi connectivity index (χ3v) is 7.76. The number of nitrogens with zero attached hydrogens (tertiary/aromatic N) is 2. The Balaban J connectivity index is 1.85. The molecule has 9 nitrogen and oxygen atoms in total. The van der Waals surface area contributed by atoms with Crippen molar-refractivity contribution in [3.05, 3.63) is 30.0 Å². The Hall–Kier alpha value is -2.21. The smallest absolute Gasteiger partial charge is 0.328 e. The monoisotopic (exact) mass is 454 g/mol. The molecule has 1 aromatic carbocycles. The summed E-state index contributed by atoms with van der Waals surface area (Å²) in [6.07, 6.45) is 1.64. The predicted molar refractivity (Wildman–Crippen MR) is 116 cm³/mol. The molecule has 30 heavy (non-hydrogen) atoms. The molecule has 1 saturated heterocycles. The largest absolute Gasteiger partial charge is 0.494 e. The number of sulfonamides is 1. The summed E-state index contributed by atoms with van der Waals surface area (Å²) in [4.78, 5) is 18.9. The van der Waals surface area contributed by atoms with Crippen LogP contribution in [0.1, 0.15) is 25.5 Å². The minimum absolute atomic E-state index is 0.0891. The summed E-state index contributed by atoms with van der Waals surface area (Å²) >= 11 is 0.958. The molecule has 1 aromatic heterocycles. The Kier molecular flexibility index (Phi) is 7.29. The Morgan fingerprint density at radius 3 is 2.70 bits per heavy atom. The highest BCUT2D eigenvalue weighted by molar-refractivity contribution is 7.91. The van der Waals surface area contributed by atoms with Crippen LogP contribution in [-0.2, 0) is 14.8 Å². The van der Waals surface area contributed by atoms with Crippen molar-refractivity contribution in [3.63, 3.8) is 0 Å². The summed E-state index contributed by atoms with van der Waals surface area (Å²) in [5, 5.41) is 3.15. The van der Waals surface area contributed by atoms with Crippen molar-refractivity contribution in [2.75, 3.05) is 37.0 Å². The number of amides is 2. The summed E-state index contributed by atoms with van der Waals surface area (Å²) < 4.78 is 38.0. The zero-order chi connectivity index (χ0) is 21.7. The molecule has 1 unspecified atom stereocenters. The van der Waals surface area contributed by atoms with Crippen LogP contribution in [0.25, 0.3) is 0 Å². The molecule has 3 rings (SSSR count). The fraction of sp³-hybridized carbons (Fsp3) is 0.474. The minimum Gasteiger partial charge on any atom is -0.494 e. The second-order valence-corrected chi connectivity index (χ2v) is 9.77. The van der Waals surface area contributed by atoms with E-state index >= 15 is 0 Å². The van der Waals surface area contributed by atoms with Gasteiger partial charge < -0.3 is 14.8 Å². The van der Waals surface area contributed by atoms with E-state index in [0.717, 1.165) is 24.2 Å². The van der Waals surface area contributed by atoms with Crippen LogP contribution >= 0.6 is 11.3 Å². The topological polar surface area (TPSA) is 110 Å². The summed E-state index contributed by atoms with van der Waals surface area (Å²) in [5.41, 5.74) is 0.938. The summed E-state index contributed by atoms with van der Waals surface area (Å²) in [6.45, 7) is 5.00. The molecule has 0 bridgehead atoms. The molecule has 1 fully saturated rings. The molecular formula is C19H26N4O5S2. The Labute approximate surface area is 180 Å². The average molecular weight is 455 g/mol. The van der Waals surface area contributed by atoms with Crippen LogP contribution in [0.4, 0.5) is 15.6 Å². The van der Waals surface area contributed by atoms with Crippen LogP contribution in [0.2, 0.25) is 0 Å². The number of hydrogen-bond donors (Lipinski definition) is 2. The first-order valence-electron chi connectivity index (χ1n) is 9.68. The van der Waals surface area contributed by atoms with Gasteiger partial charge >= 0.3 is 6.03 Å². The van der Waals surface area contributed by atoms with E-state index in [2.05, 4.69) is 15.0 Å². The highest BCUT2D eigenvalue weighted by Gasteiger charge is 2.29. The predicted octanol–water partition coefficient (Wildman–Crippen LogP) is 2.98. The number of hydrogen-bond acceptors (Lipinski definition) is 7. The molecule has 164 valence electrons. The van der Waals surface area contributed by atoms with E-state index in [9.17, 15) is 13.2 Å². The molecule has 11 heteroatoms. The molecule has 1 aliphatic heterocycles. The quantitative estimate of drug-likeness (QED) is 0.635. The highest BCUT2D eigenvalue weighted by Crippen LogP contribution is 2.31. The van der Waals surface area contributed by atoms with Gasteiger partial charge in [0.05, 0.1) is 24.9 Å². The van der Waals surface area contributed by atoms with Crippen molar-refractivity contribution in [1.29, 1.82) is 0 Å². The molecule has 1 aliphatic rings. The second-order valence-electron chi connectivity index (χ2n) is 6.71. The average Bonchev–Trinajstić information content (AvgIpc) is 3.37. The van der Waals surface area contributed by atoms with Gasteiger partial charge in [-0.2, -0.15) is 0 Å². The Morgan fingerprint density at radius 1 is 1.37 bits per heavy atom. The number of nitrogens with one attached hydrogen (secondary N) is 2. The maximum absolute atomic E-state index is 13.1. The van der Waals surface area contributed by atoms with E-state index in [1.165, 1.54) is 11.9 Å². The molecule has 0 radical (unpaired) electrons. The van der Waals surface area contributed by atoms with Crippen molar-refractivity contribution in [1.82, 2.24) is 9.71 Å². The van der Waals surface area contributed by atoms with Gasteiger partial charge in [-0.1, -0.05) is 11.3 Å². The second kappa shape index (κ2) is 9.73. The first-order valence-corrected chi connectivity index (χ1v) is 12.0. The first kappa shape index (κ1) is 22.5. The molecule has 0 saturated carbocycles. The van der Waals surface area contributed by atoms with Crippen molar-refractivity contribution in [2.24, 2.45) is 0 Å². The molecule has 0 spiro atoms. The third-order valence-electron chi connectivity index (χ3n) is 4.56. The number of carbonyl (C=O) groups excluding carboxylic acids is 1. The molecule has 2 aromatic rings. The number of aromatic nitrogens is 1. The van der Waals surface area contributed by atoms with Gasteiger partial charge in [-0.25, -0.2) is 22.9 Å². The zero-order valence-corrected chi connectivity index (χ0v) is 18.8. The Bertz CT molecular complexity index is 969. The minimum atomic E-state index is -3.66. The van der Waals surface area contributed by atoms with Gasteiger partial charge in [0.1, 0.15) is 5.75 Å². The van der Waals surface area contributed by atoms with Gasteiger partial charge in [-0.3, -0.25) is 4.90 Å². The van der Waals surface area contributed by atoms with E-state index in [4.69, 9.17) is 9.47 Å². The van der Waals surface area contributed by atoms with Crippen molar-refractivity contribution in [3.8, 4) is 5.75 Å². The van der Waals surface area contributed by atoms with Gasteiger partial charge in [-0.15, -0.1) is 0 Å². The number of aryl methyl sites for hydroxylation is 1. The lowest BCUT2D eigenvalue weighted by molar-refractivity contribution is 0.116. The van der Waals surface area contributed by atoms with Gasteiger partial charge in [0.2, 0.25) is 0 Å². The van der Waals surface area contributed by atoms with Gasteiger partial charge in [0.25, 0.3) is 10.0 Å². The summed E-state index contributed by atoms with van der Waals surface area (Å²) in [7, 11) is -2.32. The van der Waals surface area contributed by atoms with Gasteiger partial charge in [0.15, 0.2) is 9.34 Å². The molecule has 2 N–H and O–H groups in total. The van der Waals surface area contributed by atoms with Crippen LogP contribution in [0.5, 0.6) is 5.75 Å². The Morgan fingerprint density at radius 2 is 2.10 bits per heavy atom.